The van der Waals surface area contributed by atoms with Gasteiger partial charge in [0.2, 0.25) is 0 Å². The summed E-state index contributed by atoms with van der Waals surface area (Å²) in [5.41, 5.74) is 0.00264. The average molecular weight is 390 g/mol. The van der Waals surface area contributed by atoms with Crippen LogP contribution in [0.5, 0.6) is 5.75 Å². The Morgan fingerprint density at radius 3 is 2.29 bits per heavy atom. The van der Waals surface area contributed by atoms with Gasteiger partial charge in [0.1, 0.15) is 10.6 Å². The lowest BCUT2D eigenvalue weighted by atomic mass is 10.2. The molecule has 2 aromatic carbocycles. The van der Waals surface area contributed by atoms with Gasteiger partial charge >= 0.3 is 5.97 Å². The monoisotopic (exact) mass is 389 g/mol. The molecule has 0 heterocycles. The van der Waals surface area contributed by atoms with Crippen LogP contribution in [-0.4, -0.2) is 28.6 Å². The maximum atomic E-state index is 12.7. The molecule has 0 saturated carbocycles. The molecule has 0 radical (unpaired) electrons. The van der Waals surface area contributed by atoms with Crippen molar-refractivity contribution in [3.8, 4) is 5.75 Å². The van der Waals surface area contributed by atoms with Crippen LogP contribution in [0, 0.1) is 0 Å². The number of nitrogens with one attached hydrogen (secondary N) is 1. The van der Waals surface area contributed by atoms with Gasteiger partial charge in [-0.1, -0.05) is 23.2 Å². The van der Waals surface area contributed by atoms with Crippen LogP contribution in [-0.2, 0) is 14.8 Å². The number of anilines is 1. The highest BCUT2D eigenvalue weighted by molar-refractivity contribution is 7.92. The summed E-state index contributed by atoms with van der Waals surface area (Å²) in [6.45, 7) is 0. The Kier molecular flexibility index (Phi) is 5.58. The van der Waals surface area contributed by atoms with Crippen LogP contribution in [0.1, 0.15) is 10.4 Å². The Bertz CT molecular complexity index is 883. The minimum Gasteiger partial charge on any atom is -0.495 e. The molecule has 0 aliphatic rings. The predicted molar refractivity (Wildman–Crippen MR) is 91.6 cm³/mol. The van der Waals surface area contributed by atoms with Crippen LogP contribution < -0.4 is 9.46 Å². The summed E-state index contributed by atoms with van der Waals surface area (Å²) in [5, 5.41) is 0.467. The Balaban J connectivity index is 2.53. The molecule has 1 N–H and O–H groups in total. The summed E-state index contributed by atoms with van der Waals surface area (Å²) in [6.07, 6.45) is 0. The third-order valence-electron chi connectivity index (χ3n) is 3.05. The number of benzene rings is 2. The molecule has 128 valence electrons. The molecule has 0 spiro atoms. The molecule has 9 heteroatoms. The maximum absolute atomic E-state index is 12.7. The standard InChI is InChI=1S/C15H13Cl2NO5S/c1-22-13-6-4-10(17)8-14(13)24(20,21)18-12-7-9(16)3-5-11(12)15(19)23-2/h3-8,18H,1-2H3. The van der Waals surface area contributed by atoms with Crippen LogP contribution in [0.4, 0.5) is 5.69 Å². The van der Waals surface area contributed by atoms with E-state index in [9.17, 15) is 13.2 Å². The van der Waals surface area contributed by atoms with Crippen molar-refractivity contribution in [3.63, 3.8) is 0 Å². The van der Waals surface area contributed by atoms with Crippen LogP contribution in [0.2, 0.25) is 10.0 Å². The number of rotatable bonds is 5. The third kappa shape index (κ3) is 3.92. The Hall–Kier alpha value is -1.96. The van der Waals surface area contributed by atoms with Gasteiger partial charge in [0.25, 0.3) is 10.0 Å². The summed E-state index contributed by atoms with van der Waals surface area (Å²) >= 11 is 11.8. The van der Waals surface area contributed by atoms with Gasteiger partial charge in [0.05, 0.1) is 25.5 Å². The number of halogens is 2. The summed E-state index contributed by atoms with van der Waals surface area (Å²) < 4.78 is 37.3. The van der Waals surface area contributed by atoms with Gasteiger partial charge in [-0.3, -0.25) is 4.72 Å². The lowest BCUT2D eigenvalue weighted by molar-refractivity contribution is 0.0602. The maximum Gasteiger partial charge on any atom is 0.339 e. The summed E-state index contributed by atoms with van der Waals surface area (Å²) in [4.78, 5) is 11.6. The highest BCUT2D eigenvalue weighted by atomic mass is 35.5. The van der Waals surface area contributed by atoms with Crippen molar-refractivity contribution in [2.24, 2.45) is 0 Å². The van der Waals surface area contributed by atoms with Gasteiger partial charge in [-0.2, -0.15) is 0 Å². The topological polar surface area (TPSA) is 81.7 Å². The first-order valence-electron chi connectivity index (χ1n) is 6.52. The van der Waals surface area contributed by atoms with E-state index >= 15 is 0 Å². The Morgan fingerprint density at radius 2 is 1.67 bits per heavy atom. The first-order chi connectivity index (χ1) is 11.3. The average Bonchev–Trinajstić information content (AvgIpc) is 2.54. The minimum atomic E-state index is -4.09. The SMILES string of the molecule is COC(=O)c1ccc(Cl)cc1NS(=O)(=O)c1cc(Cl)ccc1OC. The van der Waals surface area contributed by atoms with E-state index in [4.69, 9.17) is 27.9 Å². The van der Waals surface area contributed by atoms with Gasteiger partial charge in [-0.25, -0.2) is 13.2 Å². The second kappa shape index (κ2) is 7.29. The molecule has 0 fully saturated rings. The molecule has 0 bridgehead atoms. The molecule has 0 aromatic heterocycles. The van der Waals surface area contributed by atoms with E-state index in [2.05, 4.69) is 9.46 Å². The molecule has 0 unspecified atom stereocenters. The van der Waals surface area contributed by atoms with E-state index in [-0.39, 0.29) is 31.9 Å². The fraction of sp³-hybridized carbons (Fsp3) is 0.133. The van der Waals surface area contributed by atoms with Crippen molar-refractivity contribution < 1.29 is 22.7 Å². The largest absolute Gasteiger partial charge is 0.495 e. The van der Waals surface area contributed by atoms with E-state index in [1.54, 1.807) is 0 Å². The van der Waals surface area contributed by atoms with Crippen molar-refractivity contribution in [3.05, 3.63) is 52.0 Å². The van der Waals surface area contributed by atoms with Gasteiger partial charge in [0.15, 0.2) is 0 Å². The number of carbonyl (C=O) groups is 1. The van der Waals surface area contributed by atoms with E-state index in [1.807, 2.05) is 0 Å². The summed E-state index contributed by atoms with van der Waals surface area (Å²) in [5.74, 6) is -0.601. The number of carbonyl (C=O) groups excluding carboxylic acids is 1. The van der Waals surface area contributed by atoms with Crippen LogP contribution in [0.3, 0.4) is 0 Å². The molecular formula is C15H13Cl2NO5S. The Morgan fingerprint density at radius 1 is 1.04 bits per heavy atom. The van der Waals surface area contributed by atoms with Gasteiger partial charge in [0, 0.05) is 10.0 Å². The molecule has 2 aromatic rings. The van der Waals surface area contributed by atoms with Crippen molar-refractivity contribution >= 4 is 44.9 Å². The zero-order chi connectivity index (χ0) is 17.9. The lowest BCUT2D eigenvalue weighted by Crippen LogP contribution is -2.17. The van der Waals surface area contributed by atoms with Gasteiger partial charge in [-0.15, -0.1) is 0 Å². The Labute approximate surface area is 149 Å². The van der Waals surface area contributed by atoms with Crippen molar-refractivity contribution in [2.75, 3.05) is 18.9 Å². The van der Waals surface area contributed by atoms with E-state index < -0.39 is 16.0 Å². The van der Waals surface area contributed by atoms with Gasteiger partial charge in [-0.05, 0) is 36.4 Å². The molecular weight excluding hydrogens is 377 g/mol. The quantitative estimate of drug-likeness (QED) is 0.790. The highest BCUT2D eigenvalue weighted by Crippen LogP contribution is 2.30. The number of hydrogen-bond donors (Lipinski definition) is 1. The van der Waals surface area contributed by atoms with Crippen LogP contribution in [0.25, 0.3) is 0 Å². The normalized spacial score (nSPS) is 11.0. The first kappa shape index (κ1) is 18.4. The van der Waals surface area contributed by atoms with Crippen molar-refractivity contribution in [1.82, 2.24) is 0 Å². The molecule has 0 aliphatic heterocycles. The lowest BCUT2D eigenvalue weighted by Gasteiger charge is -2.14. The second-order valence-corrected chi connectivity index (χ2v) is 7.11. The van der Waals surface area contributed by atoms with Crippen molar-refractivity contribution in [2.45, 2.75) is 4.90 Å². The summed E-state index contributed by atoms with van der Waals surface area (Å²) in [7, 11) is -1.56. The third-order valence-corrected chi connectivity index (χ3v) is 4.90. The highest BCUT2D eigenvalue weighted by Gasteiger charge is 2.23. The molecule has 2 rings (SSSR count). The van der Waals surface area contributed by atoms with Gasteiger partial charge < -0.3 is 9.47 Å². The fourth-order valence-corrected chi connectivity index (χ4v) is 3.62. The van der Waals surface area contributed by atoms with Crippen LogP contribution in [0.15, 0.2) is 41.3 Å². The molecule has 0 atom stereocenters. The van der Waals surface area contributed by atoms with Crippen LogP contribution >= 0.6 is 23.2 Å². The molecule has 6 nitrogen and oxygen atoms in total. The fourth-order valence-electron chi connectivity index (χ4n) is 1.95. The number of sulfonamides is 1. The number of esters is 1. The van der Waals surface area contributed by atoms with E-state index in [1.165, 1.54) is 50.6 Å². The number of ether oxygens (including phenoxy) is 2. The molecule has 0 aliphatic carbocycles. The zero-order valence-corrected chi connectivity index (χ0v) is 15.0. The number of hydrogen-bond acceptors (Lipinski definition) is 5. The predicted octanol–water partition coefficient (Wildman–Crippen LogP) is 3.59. The summed E-state index contributed by atoms with van der Waals surface area (Å²) in [6, 6.07) is 8.29. The smallest absolute Gasteiger partial charge is 0.339 e. The zero-order valence-electron chi connectivity index (χ0n) is 12.7. The minimum absolute atomic E-state index is 0.0172. The van der Waals surface area contributed by atoms with E-state index in [0.29, 0.717) is 0 Å². The number of methoxy groups -OCH3 is 2. The molecule has 0 amide bonds. The second-order valence-electron chi connectivity index (χ2n) is 4.58. The first-order valence-corrected chi connectivity index (χ1v) is 8.76. The molecule has 24 heavy (non-hydrogen) atoms. The van der Waals surface area contributed by atoms with Crippen molar-refractivity contribution in [1.29, 1.82) is 0 Å². The van der Waals surface area contributed by atoms with E-state index in [0.717, 1.165) is 0 Å². The molecule has 0 saturated heterocycles.